The molecule has 1 aromatic carbocycles. The fourth-order valence-corrected chi connectivity index (χ4v) is 2.96. The Balaban J connectivity index is 2.71. The number of methoxy groups -OCH3 is 1. The Morgan fingerprint density at radius 2 is 1.83 bits per heavy atom. The van der Waals surface area contributed by atoms with E-state index in [-0.39, 0.29) is 11.0 Å². The summed E-state index contributed by atoms with van der Waals surface area (Å²) in [7, 11) is 1.47. The summed E-state index contributed by atoms with van der Waals surface area (Å²) in [5, 5.41) is 19.4. The largest absolute Gasteiger partial charge is 0.481 e. The van der Waals surface area contributed by atoms with Crippen molar-refractivity contribution in [2.75, 3.05) is 13.4 Å². The van der Waals surface area contributed by atoms with E-state index in [4.69, 9.17) is 16.3 Å². The Morgan fingerprint density at radius 3 is 2.35 bits per heavy atom. The molecule has 0 fully saturated rings. The maximum Gasteiger partial charge on any atom is 0.222 e. The van der Waals surface area contributed by atoms with Gasteiger partial charge in [0.15, 0.2) is 5.16 Å². The summed E-state index contributed by atoms with van der Waals surface area (Å²) >= 11 is 7.66. The molecule has 0 saturated heterocycles. The number of hydrogen-bond acceptors (Lipinski definition) is 6. The van der Waals surface area contributed by atoms with Crippen LogP contribution in [0, 0.1) is 28.6 Å². The van der Waals surface area contributed by atoms with Crippen molar-refractivity contribution in [3.63, 3.8) is 0 Å². The Kier molecular flexibility index (Phi) is 5.81. The fraction of sp³-hybridized carbons (Fsp3) is 0.250. The molecule has 0 N–H and O–H groups in total. The minimum Gasteiger partial charge on any atom is -0.481 e. The minimum atomic E-state index is -0.937. The zero-order valence-electron chi connectivity index (χ0n) is 12.5. The molecular weight excluding hydrogens is 332 g/mol. The van der Waals surface area contributed by atoms with E-state index < -0.39 is 11.8 Å². The van der Waals surface area contributed by atoms with Crippen LogP contribution in [0.5, 0.6) is 5.88 Å². The predicted octanol–water partition coefficient (Wildman–Crippen LogP) is 3.66. The van der Waals surface area contributed by atoms with Gasteiger partial charge in [0.25, 0.3) is 0 Å². The van der Waals surface area contributed by atoms with Crippen LogP contribution in [-0.4, -0.2) is 23.3 Å². The van der Waals surface area contributed by atoms with E-state index in [0.29, 0.717) is 10.7 Å². The molecule has 5 nitrogen and oxygen atoms in total. The van der Waals surface area contributed by atoms with Crippen LogP contribution in [0.1, 0.15) is 17.0 Å². The Morgan fingerprint density at radius 1 is 1.17 bits per heavy atom. The number of benzene rings is 1. The summed E-state index contributed by atoms with van der Waals surface area (Å²) < 4.78 is 5.34. The smallest absolute Gasteiger partial charge is 0.222 e. The second kappa shape index (κ2) is 7.82. The summed E-state index contributed by atoms with van der Waals surface area (Å²) in [6, 6.07) is 13.3. The monoisotopic (exact) mass is 344 g/mol. The first-order valence-electron chi connectivity index (χ1n) is 6.65. The van der Waals surface area contributed by atoms with Crippen LogP contribution in [0.3, 0.4) is 0 Å². The molecule has 23 heavy (non-hydrogen) atoms. The van der Waals surface area contributed by atoms with Crippen molar-refractivity contribution in [1.82, 2.24) is 9.97 Å². The highest BCUT2D eigenvalue weighted by molar-refractivity contribution is 7.98. The zero-order chi connectivity index (χ0) is 16.8. The lowest BCUT2D eigenvalue weighted by atomic mass is 9.83. The van der Waals surface area contributed by atoms with Gasteiger partial charge in [-0.25, -0.2) is 4.98 Å². The quantitative estimate of drug-likeness (QED) is 0.467. The molecule has 1 unspecified atom stereocenters. The van der Waals surface area contributed by atoms with Crippen LogP contribution in [0.2, 0.25) is 5.15 Å². The predicted molar refractivity (Wildman–Crippen MR) is 88.4 cm³/mol. The fourth-order valence-electron chi connectivity index (χ4n) is 2.28. The summed E-state index contributed by atoms with van der Waals surface area (Å²) in [5.41, 5.74) is 1.23. The van der Waals surface area contributed by atoms with Crippen LogP contribution >= 0.6 is 23.4 Å². The van der Waals surface area contributed by atoms with Gasteiger partial charge in [-0.1, -0.05) is 53.7 Å². The molecule has 0 bridgehead atoms. The lowest BCUT2D eigenvalue weighted by molar-refractivity contribution is 0.382. The third-order valence-electron chi connectivity index (χ3n) is 3.30. The van der Waals surface area contributed by atoms with Gasteiger partial charge in [-0.3, -0.25) is 0 Å². The van der Waals surface area contributed by atoms with Crippen molar-refractivity contribution >= 4 is 23.4 Å². The van der Waals surface area contributed by atoms with Gasteiger partial charge in [0.2, 0.25) is 5.88 Å². The molecule has 1 aromatic heterocycles. The molecule has 0 aliphatic rings. The van der Waals surface area contributed by atoms with E-state index >= 15 is 0 Å². The summed E-state index contributed by atoms with van der Waals surface area (Å²) in [6.45, 7) is 0. The third kappa shape index (κ3) is 3.56. The van der Waals surface area contributed by atoms with Crippen molar-refractivity contribution in [2.45, 2.75) is 11.1 Å². The van der Waals surface area contributed by atoms with Gasteiger partial charge in [0.05, 0.1) is 24.8 Å². The molecule has 2 rings (SSSR count). The number of ether oxygens (including phenoxy) is 1. The maximum absolute atomic E-state index is 9.37. The number of halogens is 1. The lowest BCUT2D eigenvalue weighted by Gasteiger charge is -2.21. The van der Waals surface area contributed by atoms with Crippen molar-refractivity contribution in [3.8, 4) is 18.0 Å². The highest BCUT2D eigenvalue weighted by atomic mass is 35.5. The molecule has 2 aromatic rings. The normalized spacial score (nSPS) is 11.6. The van der Waals surface area contributed by atoms with E-state index in [0.717, 1.165) is 5.56 Å². The van der Waals surface area contributed by atoms with Gasteiger partial charge in [-0.2, -0.15) is 15.5 Å². The van der Waals surface area contributed by atoms with Crippen molar-refractivity contribution in [3.05, 3.63) is 46.6 Å². The number of aromatic nitrogens is 2. The molecule has 0 spiro atoms. The first-order valence-corrected chi connectivity index (χ1v) is 8.26. The summed E-state index contributed by atoms with van der Waals surface area (Å²) in [6.07, 6.45) is 1.83. The molecule has 7 heteroatoms. The van der Waals surface area contributed by atoms with Crippen LogP contribution in [-0.2, 0) is 0 Å². The maximum atomic E-state index is 9.37. The SMILES string of the molecule is COc1nc(SC)nc(Cl)c1C(c1ccccc1)C(C#N)C#N. The third-order valence-corrected chi connectivity index (χ3v) is 4.14. The van der Waals surface area contributed by atoms with E-state index in [1.807, 2.05) is 48.7 Å². The second-order valence-electron chi connectivity index (χ2n) is 4.55. The average molecular weight is 345 g/mol. The topological polar surface area (TPSA) is 82.6 Å². The first-order chi connectivity index (χ1) is 11.2. The molecule has 1 atom stereocenters. The van der Waals surface area contributed by atoms with Crippen molar-refractivity contribution in [2.24, 2.45) is 5.92 Å². The van der Waals surface area contributed by atoms with E-state index in [9.17, 15) is 10.5 Å². The van der Waals surface area contributed by atoms with Crippen molar-refractivity contribution in [1.29, 1.82) is 10.5 Å². The van der Waals surface area contributed by atoms with E-state index in [1.54, 1.807) is 0 Å². The van der Waals surface area contributed by atoms with Gasteiger partial charge in [-0.05, 0) is 11.8 Å². The standard InChI is InChI=1S/C16H13ClN4OS/c1-22-15-13(14(17)20-16(21-15)23-2)12(11(8-18)9-19)10-6-4-3-5-7-10/h3-7,11-12H,1-2H3. The molecule has 0 radical (unpaired) electrons. The van der Waals surface area contributed by atoms with Gasteiger partial charge in [-0.15, -0.1) is 0 Å². The molecular formula is C16H13ClN4OS. The Bertz CT molecular complexity index is 756. The minimum absolute atomic E-state index is 0.186. The zero-order valence-corrected chi connectivity index (χ0v) is 14.1. The summed E-state index contributed by atoms with van der Waals surface area (Å²) in [4.78, 5) is 8.51. The Hall–Kier alpha value is -2.28. The van der Waals surface area contributed by atoms with Crippen molar-refractivity contribution < 1.29 is 4.74 Å². The van der Waals surface area contributed by atoms with E-state index in [1.165, 1.54) is 18.9 Å². The molecule has 0 aliphatic carbocycles. The Labute approximate surface area is 143 Å². The van der Waals surface area contributed by atoms with Gasteiger partial charge in [0.1, 0.15) is 11.1 Å². The first kappa shape index (κ1) is 17.1. The molecule has 1 heterocycles. The van der Waals surface area contributed by atoms with Crippen LogP contribution in [0.4, 0.5) is 0 Å². The number of thioether (sulfide) groups is 1. The van der Waals surface area contributed by atoms with E-state index in [2.05, 4.69) is 9.97 Å². The number of hydrogen-bond donors (Lipinski definition) is 0. The molecule has 0 aliphatic heterocycles. The highest BCUT2D eigenvalue weighted by Gasteiger charge is 2.31. The number of nitriles is 2. The molecule has 116 valence electrons. The van der Waals surface area contributed by atoms with Gasteiger partial charge < -0.3 is 4.74 Å². The molecule has 0 amide bonds. The number of rotatable bonds is 5. The molecule has 0 saturated carbocycles. The average Bonchev–Trinajstić information content (AvgIpc) is 2.60. The lowest BCUT2D eigenvalue weighted by Crippen LogP contribution is -2.15. The highest BCUT2D eigenvalue weighted by Crippen LogP contribution is 2.40. The van der Waals surface area contributed by atoms with Crippen LogP contribution in [0.15, 0.2) is 35.5 Å². The second-order valence-corrected chi connectivity index (χ2v) is 5.68. The van der Waals surface area contributed by atoms with Crippen LogP contribution < -0.4 is 4.74 Å². The van der Waals surface area contributed by atoms with Crippen LogP contribution in [0.25, 0.3) is 0 Å². The van der Waals surface area contributed by atoms with Gasteiger partial charge >= 0.3 is 0 Å². The summed E-state index contributed by atoms with van der Waals surface area (Å²) in [5.74, 6) is -1.25. The van der Waals surface area contributed by atoms with Gasteiger partial charge in [0, 0.05) is 5.92 Å². The number of nitrogens with zero attached hydrogens (tertiary/aromatic N) is 4.